The molecule has 1 aromatic rings. The van der Waals surface area contributed by atoms with Crippen LogP contribution in [0.15, 0.2) is 24.3 Å². The summed E-state index contributed by atoms with van der Waals surface area (Å²) in [5, 5.41) is 0. The largest absolute Gasteiger partial charge is 0.497 e. The van der Waals surface area contributed by atoms with Crippen molar-refractivity contribution in [1.29, 1.82) is 0 Å². The van der Waals surface area contributed by atoms with E-state index in [1.165, 1.54) is 5.56 Å². The van der Waals surface area contributed by atoms with Crippen LogP contribution in [-0.4, -0.2) is 12.6 Å². The molecule has 0 saturated carbocycles. The van der Waals surface area contributed by atoms with Crippen molar-refractivity contribution in [3.63, 3.8) is 0 Å². The quantitative estimate of drug-likeness (QED) is 0.573. The highest BCUT2D eigenvalue weighted by Gasteiger charge is 2.14. The average Bonchev–Trinajstić information content (AvgIpc) is 2.27. The molecule has 0 aliphatic carbocycles. The number of aryl methyl sites for hydroxylation is 1. The number of hydrogen-bond acceptors (Lipinski definition) is 3. The zero-order valence-corrected chi connectivity index (χ0v) is 9.71. The zero-order chi connectivity index (χ0) is 11.3. The first kappa shape index (κ1) is 12.0. The molecule has 0 amide bonds. The van der Waals surface area contributed by atoms with Crippen molar-refractivity contribution < 1.29 is 4.74 Å². The number of benzene rings is 1. The number of nitrogens with one attached hydrogen (secondary N) is 1. The van der Waals surface area contributed by atoms with Gasteiger partial charge in [-0.25, -0.2) is 0 Å². The van der Waals surface area contributed by atoms with Crippen LogP contribution in [0, 0.1) is 0 Å². The normalized spacial score (nSPS) is 11.5. The Hall–Kier alpha value is -1.06. The summed E-state index contributed by atoms with van der Waals surface area (Å²) >= 11 is 0. The second kappa shape index (κ2) is 5.14. The summed E-state index contributed by atoms with van der Waals surface area (Å²) in [4.78, 5) is 0. The summed E-state index contributed by atoms with van der Waals surface area (Å²) in [7, 11) is 1.68. The number of ether oxygens (including phenoxy) is 1. The molecular weight excluding hydrogens is 188 g/mol. The molecule has 3 N–H and O–H groups in total. The first-order valence-corrected chi connectivity index (χ1v) is 5.18. The Morgan fingerprint density at radius 2 is 1.87 bits per heavy atom. The summed E-state index contributed by atoms with van der Waals surface area (Å²) in [6.45, 7) is 4.19. The zero-order valence-electron chi connectivity index (χ0n) is 9.71. The van der Waals surface area contributed by atoms with Crippen LogP contribution in [0.5, 0.6) is 5.75 Å². The lowest BCUT2D eigenvalue weighted by molar-refractivity contribution is 0.370. The predicted molar refractivity (Wildman–Crippen MR) is 62.7 cm³/mol. The van der Waals surface area contributed by atoms with Gasteiger partial charge in [0.25, 0.3) is 0 Å². The maximum Gasteiger partial charge on any atom is 0.118 e. The van der Waals surface area contributed by atoms with E-state index in [-0.39, 0.29) is 5.54 Å². The van der Waals surface area contributed by atoms with Gasteiger partial charge in [-0.05, 0) is 44.4 Å². The molecule has 1 rings (SSSR count). The number of rotatable bonds is 5. The maximum atomic E-state index is 5.45. The molecule has 0 atom stereocenters. The molecule has 0 heterocycles. The van der Waals surface area contributed by atoms with Crippen molar-refractivity contribution in [2.75, 3.05) is 7.11 Å². The second-order valence-corrected chi connectivity index (χ2v) is 4.38. The molecule has 0 saturated heterocycles. The van der Waals surface area contributed by atoms with Crippen LogP contribution in [-0.2, 0) is 6.42 Å². The standard InChI is InChI=1S/C12H20N2O/c1-12(2,14-13)9-8-10-4-6-11(15-3)7-5-10/h4-7,14H,8-9,13H2,1-3H3. The Morgan fingerprint density at radius 1 is 1.27 bits per heavy atom. The van der Waals surface area contributed by atoms with Crippen LogP contribution in [0.4, 0.5) is 0 Å². The van der Waals surface area contributed by atoms with E-state index in [0.717, 1.165) is 18.6 Å². The molecule has 0 aliphatic heterocycles. The number of nitrogens with two attached hydrogens (primary N) is 1. The Morgan fingerprint density at radius 3 is 2.33 bits per heavy atom. The lowest BCUT2D eigenvalue weighted by Crippen LogP contribution is -2.44. The highest BCUT2D eigenvalue weighted by Crippen LogP contribution is 2.16. The van der Waals surface area contributed by atoms with Crippen LogP contribution in [0.25, 0.3) is 0 Å². The number of hydrogen-bond donors (Lipinski definition) is 2. The minimum Gasteiger partial charge on any atom is -0.497 e. The molecule has 15 heavy (non-hydrogen) atoms. The minimum absolute atomic E-state index is 0.0140. The topological polar surface area (TPSA) is 47.3 Å². The third kappa shape index (κ3) is 3.90. The van der Waals surface area contributed by atoms with E-state index in [4.69, 9.17) is 10.6 Å². The molecule has 0 radical (unpaired) electrons. The van der Waals surface area contributed by atoms with E-state index in [0.29, 0.717) is 0 Å². The third-order valence-corrected chi connectivity index (χ3v) is 2.59. The van der Waals surface area contributed by atoms with Gasteiger partial charge in [0.05, 0.1) is 7.11 Å². The summed E-state index contributed by atoms with van der Waals surface area (Å²) in [6.07, 6.45) is 2.02. The van der Waals surface area contributed by atoms with Gasteiger partial charge in [0.15, 0.2) is 0 Å². The van der Waals surface area contributed by atoms with E-state index in [1.54, 1.807) is 7.11 Å². The number of methoxy groups -OCH3 is 1. The Bertz CT molecular complexity index is 293. The van der Waals surface area contributed by atoms with Crippen molar-refractivity contribution >= 4 is 0 Å². The highest BCUT2D eigenvalue weighted by molar-refractivity contribution is 5.27. The van der Waals surface area contributed by atoms with Gasteiger partial charge in [-0.3, -0.25) is 11.3 Å². The predicted octanol–water partition coefficient (Wildman–Crippen LogP) is 1.87. The van der Waals surface area contributed by atoms with Crippen LogP contribution in [0.1, 0.15) is 25.8 Å². The van der Waals surface area contributed by atoms with Crippen molar-refractivity contribution in [2.45, 2.75) is 32.2 Å². The van der Waals surface area contributed by atoms with Crippen molar-refractivity contribution in [3.05, 3.63) is 29.8 Å². The molecule has 0 aromatic heterocycles. The van der Waals surface area contributed by atoms with Crippen molar-refractivity contribution in [1.82, 2.24) is 5.43 Å². The van der Waals surface area contributed by atoms with Gasteiger partial charge in [0.1, 0.15) is 5.75 Å². The molecule has 0 aliphatic rings. The van der Waals surface area contributed by atoms with Gasteiger partial charge >= 0.3 is 0 Å². The van der Waals surface area contributed by atoms with Gasteiger partial charge < -0.3 is 4.74 Å². The SMILES string of the molecule is COc1ccc(CCC(C)(C)NN)cc1. The van der Waals surface area contributed by atoms with E-state index >= 15 is 0 Å². The van der Waals surface area contributed by atoms with Gasteiger partial charge in [0, 0.05) is 5.54 Å². The van der Waals surface area contributed by atoms with E-state index < -0.39 is 0 Å². The lowest BCUT2D eigenvalue weighted by Gasteiger charge is -2.23. The van der Waals surface area contributed by atoms with Crippen molar-refractivity contribution in [2.24, 2.45) is 5.84 Å². The van der Waals surface area contributed by atoms with Gasteiger partial charge in [-0.15, -0.1) is 0 Å². The molecule has 84 valence electrons. The summed E-state index contributed by atoms with van der Waals surface area (Å²) in [5.41, 5.74) is 4.10. The average molecular weight is 208 g/mol. The fraction of sp³-hybridized carbons (Fsp3) is 0.500. The van der Waals surface area contributed by atoms with E-state index in [2.05, 4.69) is 31.4 Å². The lowest BCUT2D eigenvalue weighted by atomic mass is 9.96. The highest BCUT2D eigenvalue weighted by atomic mass is 16.5. The Kier molecular flexibility index (Phi) is 4.12. The van der Waals surface area contributed by atoms with Crippen LogP contribution in [0.2, 0.25) is 0 Å². The molecule has 0 unspecified atom stereocenters. The van der Waals surface area contributed by atoms with E-state index in [9.17, 15) is 0 Å². The van der Waals surface area contributed by atoms with Crippen LogP contribution >= 0.6 is 0 Å². The summed E-state index contributed by atoms with van der Waals surface area (Å²) in [5.74, 6) is 6.34. The molecule has 3 heteroatoms. The molecule has 1 aromatic carbocycles. The maximum absolute atomic E-state index is 5.45. The number of hydrazine groups is 1. The first-order chi connectivity index (χ1) is 7.07. The van der Waals surface area contributed by atoms with Gasteiger partial charge in [0.2, 0.25) is 0 Å². The summed E-state index contributed by atoms with van der Waals surface area (Å²) in [6, 6.07) is 8.15. The molecule has 0 fully saturated rings. The van der Waals surface area contributed by atoms with Gasteiger partial charge in [-0.1, -0.05) is 12.1 Å². The minimum atomic E-state index is -0.0140. The Labute approximate surface area is 91.6 Å². The molecule has 3 nitrogen and oxygen atoms in total. The molecular formula is C12H20N2O. The first-order valence-electron chi connectivity index (χ1n) is 5.18. The van der Waals surface area contributed by atoms with Crippen LogP contribution < -0.4 is 16.0 Å². The summed E-state index contributed by atoms with van der Waals surface area (Å²) < 4.78 is 5.10. The second-order valence-electron chi connectivity index (χ2n) is 4.38. The van der Waals surface area contributed by atoms with Crippen LogP contribution in [0.3, 0.4) is 0 Å². The third-order valence-electron chi connectivity index (χ3n) is 2.59. The monoisotopic (exact) mass is 208 g/mol. The smallest absolute Gasteiger partial charge is 0.118 e. The van der Waals surface area contributed by atoms with Crippen molar-refractivity contribution in [3.8, 4) is 5.75 Å². The fourth-order valence-corrected chi connectivity index (χ4v) is 1.32. The van der Waals surface area contributed by atoms with Gasteiger partial charge in [-0.2, -0.15) is 0 Å². The van der Waals surface area contributed by atoms with E-state index in [1.807, 2.05) is 12.1 Å². The Balaban J connectivity index is 2.51. The fourth-order valence-electron chi connectivity index (χ4n) is 1.32. The molecule has 0 bridgehead atoms. The molecule has 0 spiro atoms.